The quantitative estimate of drug-likeness (QED) is 0.287. The zero-order valence-corrected chi connectivity index (χ0v) is 17.8. The molecule has 0 aromatic heterocycles. The zero-order chi connectivity index (χ0) is 18.2. The predicted octanol–water partition coefficient (Wildman–Crippen LogP) is 3.73. The number of halogens is 2. The van der Waals surface area contributed by atoms with Gasteiger partial charge in [-0.2, -0.15) is 0 Å². The molecule has 1 heterocycles. The fourth-order valence-electron chi connectivity index (χ4n) is 2.90. The van der Waals surface area contributed by atoms with E-state index in [0.717, 1.165) is 44.1 Å². The molecule has 0 atom stereocenters. The molecule has 0 saturated carbocycles. The van der Waals surface area contributed by atoms with Crippen LogP contribution in [0.3, 0.4) is 0 Å². The molecule has 4 nitrogen and oxygen atoms in total. The van der Waals surface area contributed by atoms with Crippen LogP contribution in [0.25, 0.3) is 0 Å². The predicted molar refractivity (Wildman–Crippen MR) is 122 cm³/mol. The van der Waals surface area contributed by atoms with Gasteiger partial charge in [-0.1, -0.05) is 36.4 Å². The van der Waals surface area contributed by atoms with E-state index in [1.54, 1.807) is 7.05 Å². The van der Waals surface area contributed by atoms with Crippen molar-refractivity contribution in [3.8, 4) is 0 Å². The van der Waals surface area contributed by atoms with Gasteiger partial charge in [0.15, 0.2) is 5.96 Å². The normalized spacial score (nSPS) is 13.4. The number of hydrogen-bond acceptors (Lipinski definition) is 2. The molecule has 2 N–H and O–H groups in total. The van der Waals surface area contributed by atoms with Crippen LogP contribution in [0.1, 0.15) is 11.1 Å². The first-order valence-electron chi connectivity index (χ1n) is 8.92. The van der Waals surface area contributed by atoms with Crippen molar-refractivity contribution >= 4 is 35.6 Å². The van der Waals surface area contributed by atoms with Crippen LogP contribution in [-0.4, -0.2) is 32.6 Å². The molecule has 27 heavy (non-hydrogen) atoms. The van der Waals surface area contributed by atoms with E-state index in [-0.39, 0.29) is 29.8 Å². The van der Waals surface area contributed by atoms with Crippen LogP contribution in [0.5, 0.6) is 0 Å². The number of guanidine groups is 1. The fourth-order valence-corrected chi connectivity index (χ4v) is 2.90. The molecule has 2 aromatic rings. The first-order chi connectivity index (χ1) is 12.7. The lowest BCUT2D eigenvalue weighted by molar-refractivity contribution is 0.626. The van der Waals surface area contributed by atoms with Crippen molar-refractivity contribution in [2.75, 3.05) is 31.6 Å². The highest BCUT2D eigenvalue weighted by atomic mass is 127. The Hall–Kier alpha value is -2.09. The van der Waals surface area contributed by atoms with Gasteiger partial charge in [0.2, 0.25) is 0 Å². The second-order valence-electron chi connectivity index (χ2n) is 6.27. The fraction of sp³-hybridized carbons (Fsp3) is 0.286. The SMILES string of the molecule is CN=C(NCCc1ccc(F)cc1)NCc1ccc(N2CC=CC2)cc1.I. The molecule has 0 radical (unpaired) electrons. The van der Waals surface area contributed by atoms with Crippen LogP contribution < -0.4 is 15.5 Å². The van der Waals surface area contributed by atoms with E-state index in [2.05, 4.69) is 56.9 Å². The Kier molecular flexibility index (Phi) is 8.57. The van der Waals surface area contributed by atoms with Gasteiger partial charge in [-0.3, -0.25) is 4.99 Å². The highest BCUT2D eigenvalue weighted by molar-refractivity contribution is 14.0. The molecule has 6 heteroatoms. The van der Waals surface area contributed by atoms with Gasteiger partial charge in [0.05, 0.1) is 0 Å². The van der Waals surface area contributed by atoms with Gasteiger partial charge in [-0.05, 0) is 41.8 Å². The van der Waals surface area contributed by atoms with Gasteiger partial charge in [0.1, 0.15) is 5.82 Å². The molecule has 0 bridgehead atoms. The highest BCUT2D eigenvalue weighted by Gasteiger charge is 2.07. The van der Waals surface area contributed by atoms with Crippen molar-refractivity contribution in [2.45, 2.75) is 13.0 Å². The van der Waals surface area contributed by atoms with E-state index in [1.165, 1.54) is 23.4 Å². The van der Waals surface area contributed by atoms with Gasteiger partial charge in [0, 0.05) is 38.9 Å². The first kappa shape index (κ1) is 21.2. The maximum Gasteiger partial charge on any atom is 0.191 e. The van der Waals surface area contributed by atoms with Crippen molar-refractivity contribution in [1.29, 1.82) is 0 Å². The third-order valence-corrected chi connectivity index (χ3v) is 4.42. The number of aliphatic imine (C=N–C) groups is 1. The standard InChI is InChI=1S/C21H25FN4.HI/c1-23-21(24-13-12-17-4-8-19(22)9-5-17)25-16-18-6-10-20(11-7-18)26-14-2-3-15-26;/h2-11H,12-16H2,1H3,(H2,23,24,25);1H. The third-order valence-electron chi connectivity index (χ3n) is 4.42. The van der Waals surface area contributed by atoms with E-state index < -0.39 is 0 Å². The summed E-state index contributed by atoms with van der Waals surface area (Å²) >= 11 is 0. The molecule has 2 aromatic carbocycles. The average Bonchev–Trinajstić information content (AvgIpc) is 3.21. The van der Waals surface area contributed by atoms with Crippen LogP contribution in [0.15, 0.2) is 65.7 Å². The Morgan fingerprint density at radius 3 is 2.22 bits per heavy atom. The van der Waals surface area contributed by atoms with Crippen LogP contribution in [0, 0.1) is 5.82 Å². The van der Waals surface area contributed by atoms with E-state index in [9.17, 15) is 4.39 Å². The minimum absolute atomic E-state index is 0. The van der Waals surface area contributed by atoms with Crippen molar-refractivity contribution in [2.24, 2.45) is 4.99 Å². The molecule has 0 saturated heterocycles. The molecule has 0 spiro atoms. The van der Waals surface area contributed by atoms with Gasteiger partial charge in [0.25, 0.3) is 0 Å². The highest BCUT2D eigenvalue weighted by Crippen LogP contribution is 2.17. The Morgan fingerprint density at radius 2 is 1.59 bits per heavy atom. The molecule has 1 aliphatic heterocycles. The average molecular weight is 480 g/mol. The summed E-state index contributed by atoms with van der Waals surface area (Å²) in [6.45, 7) is 3.44. The van der Waals surface area contributed by atoms with E-state index >= 15 is 0 Å². The van der Waals surface area contributed by atoms with Crippen molar-refractivity contribution in [3.05, 3.63) is 77.6 Å². The largest absolute Gasteiger partial charge is 0.364 e. The van der Waals surface area contributed by atoms with Crippen LogP contribution >= 0.6 is 24.0 Å². The molecule has 0 aliphatic carbocycles. The molecule has 1 aliphatic rings. The topological polar surface area (TPSA) is 39.7 Å². The summed E-state index contributed by atoms with van der Waals surface area (Å²) in [5.41, 5.74) is 3.56. The Bertz CT molecular complexity index is 749. The van der Waals surface area contributed by atoms with Gasteiger partial charge < -0.3 is 15.5 Å². The lowest BCUT2D eigenvalue weighted by atomic mass is 10.1. The molecule has 144 valence electrons. The monoisotopic (exact) mass is 480 g/mol. The van der Waals surface area contributed by atoms with Gasteiger partial charge in [-0.15, -0.1) is 24.0 Å². The lowest BCUT2D eigenvalue weighted by Crippen LogP contribution is -2.37. The molecule has 0 fully saturated rings. The molecule has 0 amide bonds. The number of nitrogens with one attached hydrogen (secondary N) is 2. The Balaban J connectivity index is 0.00000261. The summed E-state index contributed by atoms with van der Waals surface area (Å²) < 4.78 is 12.9. The number of rotatable bonds is 6. The van der Waals surface area contributed by atoms with Crippen molar-refractivity contribution in [3.63, 3.8) is 0 Å². The van der Waals surface area contributed by atoms with Gasteiger partial charge in [-0.25, -0.2) is 4.39 Å². The summed E-state index contributed by atoms with van der Waals surface area (Å²) in [6.07, 6.45) is 5.20. The van der Waals surface area contributed by atoms with Crippen LogP contribution in [-0.2, 0) is 13.0 Å². The zero-order valence-electron chi connectivity index (χ0n) is 15.5. The second-order valence-corrected chi connectivity index (χ2v) is 6.27. The third kappa shape index (κ3) is 6.53. The maximum absolute atomic E-state index is 12.9. The summed E-state index contributed by atoms with van der Waals surface area (Å²) in [5.74, 6) is 0.561. The number of anilines is 1. The minimum Gasteiger partial charge on any atom is -0.364 e. The minimum atomic E-state index is -0.203. The maximum atomic E-state index is 12.9. The van der Waals surface area contributed by atoms with E-state index in [1.807, 2.05) is 12.1 Å². The van der Waals surface area contributed by atoms with Crippen molar-refractivity contribution < 1.29 is 4.39 Å². The van der Waals surface area contributed by atoms with Crippen molar-refractivity contribution in [1.82, 2.24) is 10.6 Å². The molecule has 0 unspecified atom stereocenters. The molecule has 3 rings (SSSR count). The molecular formula is C21H26FIN4. The smallest absolute Gasteiger partial charge is 0.191 e. The summed E-state index contributed by atoms with van der Waals surface area (Å²) in [5, 5.41) is 6.61. The van der Waals surface area contributed by atoms with E-state index in [0.29, 0.717) is 0 Å². The number of nitrogens with zero attached hydrogens (tertiary/aromatic N) is 2. The Morgan fingerprint density at radius 1 is 0.963 bits per heavy atom. The molecular weight excluding hydrogens is 454 g/mol. The van der Waals surface area contributed by atoms with Gasteiger partial charge >= 0.3 is 0 Å². The Labute approximate surface area is 177 Å². The summed E-state index contributed by atoms with van der Waals surface area (Å²) in [7, 11) is 1.76. The van der Waals surface area contributed by atoms with E-state index in [4.69, 9.17) is 0 Å². The lowest BCUT2D eigenvalue weighted by Gasteiger charge is -2.18. The second kappa shape index (κ2) is 10.9. The van der Waals surface area contributed by atoms with Crippen LogP contribution in [0.4, 0.5) is 10.1 Å². The first-order valence-corrected chi connectivity index (χ1v) is 8.92. The van der Waals surface area contributed by atoms with Crippen LogP contribution in [0.2, 0.25) is 0 Å². The number of benzene rings is 2. The number of hydrogen-bond donors (Lipinski definition) is 2. The summed E-state index contributed by atoms with van der Waals surface area (Å²) in [6, 6.07) is 15.2. The summed E-state index contributed by atoms with van der Waals surface area (Å²) in [4.78, 5) is 6.57.